The largest absolute Gasteiger partial charge is 0.573 e. The van der Waals surface area contributed by atoms with Gasteiger partial charge in [0.25, 0.3) is 0 Å². The van der Waals surface area contributed by atoms with E-state index in [1.165, 1.54) is 24.3 Å². The summed E-state index contributed by atoms with van der Waals surface area (Å²) < 4.78 is 40.3. The second kappa shape index (κ2) is 8.30. The number of aliphatic imine (C=N–C) groups is 1. The number of rotatable bonds is 5. The molecule has 0 spiro atoms. The van der Waals surface area contributed by atoms with Crippen LogP contribution in [0.4, 0.5) is 18.9 Å². The molecular formula is C19H17F3N4OS. The molecule has 0 saturated heterocycles. The van der Waals surface area contributed by atoms with E-state index in [1.54, 1.807) is 11.3 Å². The van der Waals surface area contributed by atoms with Crippen molar-refractivity contribution in [3.63, 3.8) is 0 Å². The number of guanidine groups is 1. The molecule has 28 heavy (non-hydrogen) atoms. The third kappa shape index (κ3) is 5.46. The van der Waals surface area contributed by atoms with E-state index in [2.05, 4.69) is 20.0 Å². The summed E-state index contributed by atoms with van der Waals surface area (Å²) in [7, 11) is 0. The van der Waals surface area contributed by atoms with Crippen LogP contribution >= 0.6 is 11.3 Å². The van der Waals surface area contributed by atoms with Gasteiger partial charge >= 0.3 is 6.36 Å². The lowest BCUT2D eigenvalue weighted by atomic mass is 10.2. The molecule has 0 aliphatic rings. The fourth-order valence-electron chi connectivity index (χ4n) is 2.36. The van der Waals surface area contributed by atoms with Crippen LogP contribution in [0, 0.1) is 6.92 Å². The molecule has 0 radical (unpaired) electrons. The van der Waals surface area contributed by atoms with Gasteiger partial charge in [0, 0.05) is 16.1 Å². The summed E-state index contributed by atoms with van der Waals surface area (Å²) in [5, 5.41) is 3.75. The summed E-state index contributed by atoms with van der Waals surface area (Å²) in [5.41, 5.74) is 8.30. The Bertz CT molecular complexity index is 954. The molecule has 0 saturated carbocycles. The number of halogens is 3. The number of aromatic nitrogens is 1. The van der Waals surface area contributed by atoms with E-state index in [9.17, 15) is 13.2 Å². The predicted octanol–water partition coefficient (Wildman–Crippen LogP) is 4.94. The normalized spacial score (nSPS) is 12.1. The van der Waals surface area contributed by atoms with E-state index >= 15 is 0 Å². The summed E-state index contributed by atoms with van der Waals surface area (Å²) in [4.78, 5) is 9.83. The fourth-order valence-corrected chi connectivity index (χ4v) is 3.36. The number of nitrogens with two attached hydrogens (primary N) is 1. The summed E-state index contributed by atoms with van der Waals surface area (Å²) in [6, 6.07) is 15.1. The number of ether oxygens (including phenoxy) is 1. The van der Waals surface area contributed by atoms with Crippen molar-refractivity contribution in [3.8, 4) is 16.3 Å². The summed E-state index contributed by atoms with van der Waals surface area (Å²) in [6.45, 7) is 2.27. The van der Waals surface area contributed by atoms with Crippen molar-refractivity contribution in [1.82, 2.24) is 4.98 Å². The minimum absolute atomic E-state index is 0.151. The van der Waals surface area contributed by atoms with Crippen LogP contribution in [0.25, 0.3) is 10.6 Å². The molecule has 0 unspecified atom stereocenters. The zero-order chi connectivity index (χ0) is 20.1. The van der Waals surface area contributed by atoms with Crippen molar-refractivity contribution in [2.24, 2.45) is 10.7 Å². The zero-order valence-corrected chi connectivity index (χ0v) is 15.6. The van der Waals surface area contributed by atoms with E-state index in [4.69, 9.17) is 5.73 Å². The van der Waals surface area contributed by atoms with E-state index < -0.39 is 6.36 Å². The standard InChI is InChI=1S/C19H17F3N4OS/c1-12-16(28-17(25-12)13-5-3-2-4-6-13)11-24-18(23)26-14-7-9-15(10-8-14)27-19(20,21)22/h2-10H,11H2,1H3,(H3,23,24,26). The Kier molecular flexibility index (Phi) is 5.84. The zero-order valence-electron chi connectivity index (χ0n) is 14.8. The topological polar surface area (TPSA) is 72.5 Å². The number of aryl methyl sites for hydroxylation is 1. The molecule has 0 aliphatic carbocycles. The molecule has 0 aliphatic heterocycles. The molecule has 3 N–H and O–H groups in total. The SMILES string of the molecule is Cc1nc(-c2ccccc2)sc1CN=C(N)Nc1ccc(OC(F)(F)F)cc1. The van der Waals surface area contributed by atoms with Crippen molar-refractivity contribution in [1.29, 1.82) is 0 Å². The Labute approximate surface area is 163 Å². The smallest absolute Gasteiger partial charge is 0.406 e. The van der Waals surface area contributed by atoms with Gasteiger partial charge in [-0.1, -0.05) is 30.3 Å². The Morgan fingerprint density at radius 2 is 1.82 bits per heavy atom. The number of benzene rings is 2. The first-order valence-corrected chi connectivity index (χ1v) is 9.06. The first-order chi connectivity index (χ1) is 13.3. The van der Waals surface area contributed by atoms with Gasteiger partial charge in [0.2, 0.25) is 0 Å². The Morgan fingerprint density at radius 1 is 1.14 bits per heavy atom. The van der Waals surface area contributed by atoms with Gasteiger partial charge in [0.1, 0.15) is 10.8 Å². The van der Waals surface area contributed by atoms with Crippen molar-refractivity contribution in [2.45, 2.75) is 19.8 Å². The van der Waals surface area contributed by atoms with Crippen LogP contribution < -0.4 is 15.8 Å². The molecule has 3 rings (SSSR count). The van der Waals surface area contributed by atoms with Gasteiger partial charge in [-0.3, -0.25) is 0 Å². The highest BCUT2D eigenvalue weighted by atomic mass is 32.1. The fraction of sp³-hybridized carbons (Fsp3) is 0.158. The van der Waals surface area contributed by atoms with E-state index in [-0.39, 0.29) is 11.7 Å². The first-order valence-electron chi connectivity index (χ1n) is 8.24. The number of hydrogen-bond donors (Lipinski definition) is 2. The number of nitrogens with one attached hydrogen (secondary N) is 1. The second-order valence-electron chi connectivity index (χ2n) is 5.79. The number of thiazole rings is 1. The van der Waals surface area contributed by atoms with Gasteiger partial charge in [-0.05, 0) is 31.2 Å². The van der Waals surface area contributed by atoms with Gasteiger partial charge in [0.15, 0.2) is 5.96 Å². The van der Waals surface area contributed by atoms with E-state index in [1.807, 2.05) is 37.3 Å². The van der Waals surface area contributed by atoms with Gasteiger partial charge < -0.3 is 15.8 Å². The minimum atomic E-state index is -4.72. The molecule has 0 bridgehead atoms. The third-order valence-corrected chi connectivity index (χ3v) is 4.86. The molecule has 3 aromatic rings. The lowest BCUT2D eigenvalue weighted by Crippen LogP contribution is -2.22. The lowest BCUT2D eigenvalue weighted by Gasteiger charge is -2.10. The maximum atomic E-state index is 12.2. The van der Waals surface area contributed by atoms with Gasteiger partial charge in [-0.25, -0.2) is 9.98 Å². The highest BCUT2D eigenvalue weighted by Crippen LogP contribution is 2.28. The molecule has 0 amide bonds. The predicted molar refractivity (Wildman–Crippen MR) is 104 cm³/mol. The first kappa shape index (κ1) is 19.7. The number of nitrogens with zero attached hydrogens (tertiary/aromatic N) is 2. The maximum Gasteiger partial charge on any atom is 0.573 e. The maximum absolute atomic E-state index is 12.2. The number of anilines is 1. The van der Waals surface area contributed by atoms with Crippen LogP contribution in [0.5, 0.6) is 5.75 Å². The summed E-state index contributed by atoms with van der Waals surface area (Å²) >= 11 is 1.54. The average Bonchev–Trinajstić information content (AvgIpc) is 3.02. The van der Waals surface area contributed by atoms with Gasteiger partial charge in [0.05, 0.1) is 12.2 Å². The van der Waals surface area contributed by atoms with Crippen molar-refractivity contribution >= 4 is 23.0 Å². The second-order valence-corrected chi connectivity index (χ2v) is 6.88. The van der Waals surface area contributed by atoms with Crippen molar-refractivity contribution in [3.05, 3.63) is 65.2 Å². The van der Waals surface area contributed by atoms with Gasteiger partial charge in [-0.15, -0.1) is 24.5 Å². The molecule has 0 atom stereocenters. The van der Waals surface area contributed by atoms with Crippen molar-refractivity contribution in [2.75, 3.05) is 5.32 Å². The third-order valence-electron chi connectivity index (χ3n) is 3.67. The number of alkyl halides is 3. The highest BCUT2D eigenvalue weighted by Gasteiger charge is 2.30. The number of hydrogen-bond acceptors (Lipinski definition) is 4. The van der Waals surface area contributed by atoms with E-state index in [0.717, 1.165) is 21.1 Å². The Hall–Kier alpha value is -3.07. The van der Waals surface area contributed by atoms with Crippen molar-refractivity contribution < 1.29 is 17.9 Å². The molecule has 1 heterocycles. The molecular weight excluding hydrogens is 389 g/mol. The van der Waals surface area contributed by atoms with Crippen LogP contribution in [-0.2, 0) is 6.54 Å². The van der Waals surface area contributed by atoms with Crippen LogP contribution in [0.15, 0.2) is 59.6 Å². The summed E-state index contributed by atoms with van der Waals surface area (Å²) in [6.07, 6.45) is -4.72. The lowest BCUT2D eigenvalue weighted by molar-refractivity contribution is -0.274. The summed E-state index contributed by atoms with van der Waals surface area (Å²) in [5.74, 6) is -0.152. The van der Waals surface area contributed by atoms with E-state index in [0.29, 0.717) is 12.2 Å². The molecule has 2 aromatic carbocycles. The molecule has 5 nitrogen and oxygen atoms in total. The monoisotopic (exact) mass is 406 g/mol. The molecule has 146 valence electrons. The van der Waals surface area contributed by atoms with Crippen LogP contribution in [0.2, 0.25) is 0 Å². The van der Waals surface area contributed by atoms with Crippen LogP contribution in [0.3, 0.4) is 0 Å². The molecule has 9 heteroatoms. The Morgan fingerprint density at radius 3 is 2.46 bits per heavy atom. The molecule has 1 aromatic heterocycles. The van der Waals surface area contributed by atoms with Crippen LogP contribution in [-0.4, -0.2) is 17.3 Å². The van der Waals surface area contributed by atoms with Crippen LogP contribution in [0.1, 0.15) is 10.6 Å². The molecule has 0 fully saturated rings. The minimum Gasteiger partial charge on any atom is -0.406 e. The Balaban J connectivity index is 1.63. The quantitative estimate of drug-likeness (QED) is 0.465. The highest BCUT2D eigenvalue weighted by molar-refractivity contribution is 7.15. The average molecular weight is 406 g/mol. The van der Waals surface area contributed by atoms with Gasteiger partial charge in [-0.2, -0.15) is 0 Å².